The van der Waals surface area contributed by atoms with Crippen molar-refractivity contribution < 1.29 is 9.18 Å². The molecule has 0 saturated carbocycles. The van der Waals surface area contributed by atoms with Gasteiger partial charge in [0.25, 0.3) is 5.91 Å². The average Bonchev–Trinajstić information content (AvgIpc) is 2.86. The van der Waals surface area contributed by atoms with Gasteiger partial charge in [-0.2, -0.15) is 5.10 Å². The van der Waals surface area contributed by atoms with Crippen LogP contribution in [0.4, 0.5) is 4.39 Å². The fourth-order valence-electron chi connectivity index (χ4n) is 1.62. The van der Waals surface area contributed by atoms with Crippen LogP contribution in [0.5, 0.6) is 0 Å². The van der Waals surface area contributed by atoms with Crippen LogP contribution in [-0.4, -0.2) is 16.1 Å². The summed E-state index contributed by atoms with van der Waals surface area (Å²) in [6.45, 7) is 3.51. The second kappa shape index (κ2) is 5.00. The molecule has 0 aliphatic rings. The molecule has 0 aliphatic carbocycles. The van der Waals surface area contributed by atoms with E-state index in [0.717, 1.165) is 5.56 Å². The molecule has 0 aliphatic heterocycles. The highest BCUT2D eigenvalue weighted by Gasteiger charge is 2.13. The Bertz CT molecular complexity index is 551. The van der Waals surface area contributed by atoms with Crippen molar-refractivity contribution >= 4 is 5.91 Å². The lowest BCUT2D eigenvalue weighted by Gasteiger charge is -2.14. The molecule has 5 heteroatoms. The number of benzene rings is 1. The minimum Gasteiger partial charge on any atom is -0.344 e. The van der Waals surface area contributed by atoms with Crippen molar-refractivity contribution in [2.24, 2.45) is 0 Å². The number of amides is 1. The molecule has 0 fully saturated rings. The van der Waals surface area contributed by atoms with Crippen molar-refractivity contribution in [3.05, 3.63) is 53.1 Å². The molecule has 2 N–H and O–H groups in total. The minimum atomic E-state index is -0.268. The summed E-state index contributed by atoms with van der Waals surface area (Å²) in [5.41, 5.74) is 1.70. The summed E-state index contributed by atoms with van der Waals surface area (Å²) < 4.78 is 13.4. The third-order valence-electron chi connectivity index (χ3n) is 2.79. The molecule has 1 aromatic heterocycles. The van der Waals surface area contributed by atoms with Gasteiger partial charge < -0.3 is 5.32 Å². The first kappa shape index (κ1) is 12.3. The molecule has 2 rings (SSSR count). The summed E-state index contributed by atoms with van der Waals surface area (Å²) >= 11 is 0. The summed E-state index contributed by atoms with van der Waals surface area (Å²) in [5.74, 6) is -0.531. The molecule has 0 unspecified atom stereocenters. The Hall–Kier alpha value is -2.17. The van der Waals surface area contributed by atoms with Gasteiger partial charge in [-0.25, -0.2) is 4.39 Å². The fraction of sp³-hybridized carbons (Fsp3) is 0.231. The van der Waals surface area contributed by atoms with Gasteiger partial charge in [-0.1, -0.05) is 12.1 Å². The van der Waals surface area contributed by atoms with Gasteiger partial charge in [-0.3, -0.25) is 9.89 Å². The van der Waals surface area contributed by atoms with Crippen LogP contribution in [0, 0.1) is 12.7 Å². The van der Waals surface area contributed by atoms with E-state index in [1.807, 2.05) is 0 Å². The van der Waals surface area contributed by atoms with E-state index in [2.05, 4.69) is 15.5 Å². The first-order valence-corrected chi connectivity index (χ1v) is 5.64. The lowest BCUT2D eigenvalue weighted by Crippen LogP contribution is -2.27. The highest BCUT2D eigenvalue weighted by Crippen LogP contribution is 2.16. The van der Waals surface area contributed by atoms with Crippen molar-refractivity contribution in [1.82, 2.24) is 15.5 Å². The van der Waals surface area contributed by atoms with Crippen LogP contribution in [0.25, 0.3) is 0 Å². The maximum atomic E-state index is 13.4. The lowest BCUT2D eigenvalue weighted by molar-refractivity contribution is 0.0934. The number of H-pyrrole nitrogens is 1. The largest absolute Gasteiger partial charge is 0.344 e. The maximum Gasteiger partial charge on any atom is 0.269 e. The first-order chi connectivity index (χ1) is 8.58. The number of carbonyl (C=O) groups is 1. The minimum absolute atomic E-state index is 0.263. The standard InChI is InChI=1S/C13H14FN3O/c1-8-3-4-10(7-11(8)14)9(2)16-13(18)12-5-6-15-17-12/h3-7,9H,1-2H3,(H,15,17)(H,16,18)/t9-/m0/s1. The van der Waals surface area contributed by atoms with Crippen LogP contribution < -0.4 is 5.32 Å². The Labute approximate surface area is 104 Å². The Morgan fingerprint density at radius 2 is 2.22 bits per heavy atom. The van der Waals surface area contributed by atoms with Gasteiger partial charge in [0.1, 0.15) is 11.5 Å². The molecule has 1 amide bonds. The summed E-state index contributed by atoms with van der Waals surface area (Å²) in [7, 11) is 0. The van der Waals surface area contributed by atoms with E-state index < -0.39 is 0 Å². The monoisotopic (exact) mass is 247 g/mol. The van der Waals surface area contributed by atoms with Crippen LogP contribution >= 0.6 is 0 Å². The average molecular weight is 247 g/mol. The number of nitrogens with zero attached hydrogens (tertiary/aromatic N) is 1. The number of halogens is 1. The van der Waals surface area contributed by atoms with Crippen molar-refractivity contribution in [1.29, 1.82) is 0 Å². The van der Waals surface area contributed by atoms with Gasteiger partial charge in [0.2, 0.25) is 0 Å². The molecule has 1 aromatic carbocycles. The van der Waals surface area contributed by atoms with E-state index in [0.29, 0.717) is 11.3 Å². The van der Waals surface area contributed by atoms with Gasteiger partial charge in [0.15, 0.2) is 0 Å². The van der Waals surface area contributed by atoms with Gasteiger partial charge in [0, 0.05) is 6.20 Å². The third kappa shape index (κ3) is 2.56. The number of aromatic amines is 1. The van der Waals surface area contributed by atoms with E-state index >= 15 is 0 Å². The third-order valence-corrected chi connectivity index (χ3v) is 2.79. The first-order valence-electron chi connectivity index (χ1n) is 5.64. The van der Waals surface area contributed by atoms with Gasteiger partial charge in [-0.15, -0.1) is 0 Å². The van der Waals surface area contributed by atoms with Crippen molar-refractivity contribution in [2.75, 3.05) is 0 Å². The molecule has 0 radical (unpaired) electrons. The van der Waals surface area contributed by atoms with E-state index in [-0.39, 0.29) is 17.8 Å². The van der Waals surface area contributed by atoms with Crippen molar-refractivity contribution in [2.45, 2.75) is 19.9 Å². The maximum absolute atomic E-state index is 13.4. The predicted molar refractivity (Wildman–Crippen MR) is 65.6 cm³/mol. The second-order valence-electron chi connectivity index (χ2n) is 4.17. The molecular weight excluding hydrogens is 233 g/mol. The molecular formula is C13H14FN3O. The summed E-state index contributed by atoms with van der Waals surface area (Å²) in [5, 5.41) is 9.05. The number of hydrogen-bond donors (Lipinski definition) is 2. The number of aromatic nitrogens is 2. The molecule has 0 bridgehead atoms. The number of carbonyl (C=O) groups excluding carboxylic acids is 1. The van der Waals surface area contributed by atoms with Crippen LogP contribution in [0.3, 0.4) is 0 Å². The number of hydrogen-bond acceptors (Lipinski definition) is 2. The number of aryl methyl sites for hydroxylation is 1. The van der Waals surface area contributed by atoms with Crippen molar-refractivity contribution in [3.8, 4) is 0 Å². The van der Waals surface area contributed by atoms with E-state index in [4.69, 9.17) is 0 Å². The zero-order valence-corrected chi connectivity index (χ0v) is 10.2. The molecule has 1 heterocycles. The van der Waals surface area contributed by atoms with Gasteiger partial charge in [-0.05, 0) is 37.1 Å². The Morgan fingerprint density at radius 3 is 2.83 bits per heavy atom. The summed E-state index contributed by atoms with van der Waals surface area (Å²) in [6, 6.07) is 6.25. The second-order valence-corrected chi connectivity index (χ2v) is 4.17. The van der Waals surface area contributed by atoms with E-state index in [1.165, 1.54) is 12.3 Å². The fourth-order valence-corrected chi connectivity index (χ4v) is 1.62. The highest BCUT2D eigenvalue weighted by atomic mass is 19.1. The van der Waals surface area contributed by atoms with Crippen LogP contribution in [0.15, 0.2) is 30.5 Å². The molecule has 2 aromatic rings. The number of nitrogens with one attached hydrogen (secondary N) is 2. The Kier molecular flexibility index (Phi) is 3.41. The zero-order valence-electron chi connectivity index (χ0n) is 10.2. The smallest absolute Gasteiger partial charge is 0.269 e. The molecule has 1 atom stereocenters. The molecule has 4 nitrogen and oxygen atoms in total. The highest BCUT2D eigenvalue weighted by molar-refractivity contribution is 5.92. The molecule has 0 spiro atoms. The Balaban J connectivity index is 2.10. The van der Waals surface area contributed by atoms with Crippen LogP contribution in [-0.2, 0) is 0 Å². The zero-order chi connectivity index (χ0) is 13.1. The van der Waals surface area contributed by atoms with E-state index in [9.17, 15) is 9.18 Å². The molecule has 0 saturated heterocycles. The summed E-state index contributed by atoms with van der Waals surface area (Å²) in [4.78, 5) is 11.8. The molecule has 18 heavy (non-hydrogen) atoms. The van der Waals surface area contributed by atoms with Gasteiger partial charge >= 0.3 is 0 Å². The predicted octanol–water partition coefficient (Wildman–Crippen LogP) is 2.35. The topological polar surface area (TPSA) is 57.8 Å². The van der Waals surface area contributed by atoms with Crippen LogP contribution in [0.1, 0.15) is 34.6 Å². The van der Waals surface area contributed by atoms with E-state index in [1.54, 1.807) is 32.0 Å². The van der Waals surface area contributed by atoms with Crippen molar-refractivity contribution in [3.63, 3.8) is 0 Å². The lowest BCUT2D eigenvalue weighted by atomic mass is 10.1. The quantitative estimate of drug-likeness (QED) is 0.874. The molecule has 94 valence electrons. The SMILES string of the molecule is Cc1ccc([C@H](C)NC(=O)c2ccn[nH]2)cc1F. The Morgan fingerprint density at radius 1 is 1.44 bits per heavy atom. The van der Waals surface area contributed by atoms with Gasteiger partial charge in [0.05, 0.1) is 6.04 Å². The normalized spacial score (nSPS) is 12.2. The van der Waals surface area contributed by atoms with Crippen LogP contribution in [0.2, 0.25) is 0 Å². The number of rotatable bonds is 3. The summed E-state index contributed by atoms with van der Waals surface area (Å²) in [6.07, 6.45) is 1.51.